The molecule has 2 aliphatic heterocycles. The average Bonchev–Trinajstić information content (AvgIpc) is 3.71. The first kappa shape index (κ1) is 41.4. The van der Waals surface area contributed by atoms with Crippen molar-refractivity contribution in [2.45, 2.75) is 109 Å². The number of rotatable bonds is 18. The van der Waals surface area contributed by atoms with Gasteiger partial charge in [-0.05, 0) is 73.9 Å². The number of aliphatic imine (C=N–C) groups is 1. The minimum atomic E-state index is -0.718. The van der Waals surface area contributed by atoms with Crippen LogP contribution in [0.2, 0.25) is 5.02 Å². The molecule has 1 fully saturated rings. The number of carbonyl (C=O) groups is 5. The molecule has 0 saturated carbocycles. The van der Waals surface area contributed by atoms with Crippen LogP contribution in [0.3, 0.4) is 0 Å². The van der Waals surface area contributed by atoms with Crippen LogP contribution >= 0.6 is 22.9 Å². The van der Waals surface area contributed by atoms with E-state index in [0.29, 0.717) is 35.1 Å². The highest BCUT2D eigenvalue weighted by Crippen LogP contribution is 2.37. The number of thiophene rings is 1. The summed E-state index contributed by atoms with van der Waals surface area (Å²) in [7, 11) is 0. The largest absolute Gasteiger partial charge is 0.356 e. The number of fused-ring (bicyclic) bond motifs is 3. The number of amides is 5. The van der Waals surface area contributed by atoms with Crippen molar-refractivity contribution in [2.75, 3.05) is 11.9 Å². The highest BCUT2D eigenvalue weighted by molar-refractivity contribution is 7.13. The summed E-state index contributed by atoms with van der Waals surface area (Å²) in [5, 5.41) is 23.5. The van der Waals surface area contributed by atoms with E-state index in [1.807, 2.05) is 35.8 Å². The van der Waals surface area contributed by atoms with Crippen molar-refractivity contribution in [1.82, 2.24) is 30.7 Å². The van der Waals surface area contributed by atoms with Gasteiger partial charge in [0.1, 0.15) is 22.9 Å². The summed E-state index contributed by atoms with van der Waals surface area (Å²) in [6, 6.07) is 13.5. The van der Waals surface area contributed by atoms with Crippen LogP contribution in [0, 0.1) is 13.8 Å². The maximum Gasteiger partial charge on any atom is 0.249 e. The molecule has 0 bridgehead atoms. The van der Waals surface area contributed by atoms with E-state index >= 15 is 0 Å². The number of hydrogen-bond donors (Lipinski definition) is 4. The van der Waals surface area contributed by atoms with Crippen molar-refractivity contribution in [2.24, 2.45) is 4.99 Å². The van der Waals surface area contributed by atoms with Gasteiger partial charge in [-0.3, -0.25) is 38.8 Å². The number of unbranched alkanes of at least 4 members (excludes halogenated alkanes) is 7. The Bertz CT molecular complexity index is 2130. The highest BCUT2D eigenvalue weighted by Gasteiger charge is 2.32. The monoisotopic (exact) mass is 812 g/mol. The summed E-state index contributed by atoms with van der Waals surface area (Å²) in [5.74, 6) is 0.133. The first-order valence-electron chi connectivity index (χ1n) is 19.7. The zero-order valence-corrected chi connectivity index (χ0v) is 33.9. The summed E-state index contributed by atoms with van der Waals surface area (Å²) in [4.78, 5) is 66.6. The molecule has 1 saturated heterocycles. The number of hydrogen-bond acceptors (Lipinski definition) is 9. The van der Waals surface area contributed by atoms with Crippen LogP contribution < -0.4 is 21.3 Å². The molecule has 1 unspecified atom stereocenters. The highest BCUT2D eigenvalue weighted by atomic mass is 35.5. The second-order valence-electron chi connectivity index (χ2n) is 14.7. The number of nitrogens with one attached hydrogen (secondary N) is 4. The first-order valence-corrected chi connectivity index (χ1v) is 20.9. The number of carbonyl (C=O) groups excluding carboxylic acids is 5. The Morgan fingerprint density at radius 2 is 1.65 bits per heavy atom. The molecule has 2 aromatic carbocycles. The maximum absolute atomic E-state index is 13.2. The predicted octanol–water partition coefficient (Wildman–Crippen LogP) is 6.61. The molecule has 6 rings (SSSR count). The lowest BCUT2D eigenvalue weighted by atomic mass is 10.0. The van der Waals surface area contributed by atoms with E-state index in [-0.39, 0.29) is 49.3 Å². The van der Waals surface area contributed by atoms with Crippen LogP contribution in [0.25, 0.3) is 5.00 Å². The van der Waals surface area contributed by atoms with E-state index in [1.54, 1.807) is 35.6 Å². The van der Waals surface area contributed by atoms with Gasteiger partial charge in [-0.15, -0.1) is 21.5 Å². The molecule has 15 heteroatoms. The summed E-state index contributed by atoms with van der Waals surface area (Å²) in [6.45, 7) is 4.59. The lowest BCUT2D eigenvalue weighted by molar-refractivity contribution is -0.137. The Balaban J connectivity index is 0.848. The molecule has 0 spiro atoms. The second-order valence-corrected chi connectivity index (χ2v) is 16.0. The second kappa shape index (κ2) is 19.8. The van der Waals surface area contributed by atoms with Crippen LogP contribution in [0.15, 0.2) is 58.9 Å². The molecule has 4 heterocycles. The van der Waals surface area contributed by atoms with Crippen molar-refractivity contribution in [1.29, 1.82) is 0 Å². The van der Waals surface area contributed by atoms with E-state index < -0.39 is 18.0 Å². The molecule has 2 aliphatic rings. The Morgan fingerprint density at radius 3 is 2.40 bits per heavy atom. The Hall–Kier alpha value is -5.21. The SMILES string of the molecule is Cc1csc2c1C(c1ccc(Cl)cc1)=N[C@@H](CC(=O)NCCCCCCCCCCC(=O)Nc1cccc(CC(=O)NC3CCC(=O)NC3=O)c1)c1nnc(C)n1-2. The lowest BCUT2D eigenvalue weighted by Gasteiger charge is -2.21. The topological polar surface area (TPSA) is 177 Å². The molecular weight excluding hydrogens is 764 g/mol. The molecule has 5 amide bonds. The number of aromatic nitrogens is 3. The number of anilines is 1. The number of nitrogens with zero attached hydrogens (tertiary/aromatic N) is 4. The fourth-order valence-electron chi connectivity index (χ4n) is 7.16. The average molecular weight is 813 g/mol. The standard InChI is InChI=1S/C42H49ClN8O5S/c1-26-25-57-42-38(26)39(29-15-17-30(43)18-16-29)47-33(40-50-49-27(2)51(40)42)24-36(54)44-21-10-8-6-4-3-5-7-9-14-34(52)45-31-13-11-12-28(22-31)23-37(55)46-32-19-20-35(53)48-41(32)56/h11-13,15-18,22,25,32-33H,3-10,14,19-21,23-24H2,1-2H3,(H,44,54)(H,45,52)(H,46,55)(H,48,53,56)/t32?,33-/m0/s1. The van der Waals surface area contributed by atoms with Gasteiger partial charge >= 0.3 is 0 Å². The zero-order valence-electron chi connectivity index (χ0n) is 32.4. The smallest absolute Gasteiger partial charge is 0.249 e. The van der Waals surface area contributed by atoms with Crippen molar-refractivity contribution < 1.29 is 24.0 Å². The Morgan fingerprint density at radius 1 is 0.912 bits per heavy atom. The van der Waals surface area contributed by atoms with Gasteiger partial charge in [0.15, 0.2) is 5.82 Å². The Labute approximate surface area is 341 Å². The van der Waals surface area contributed by atoms with Crippen LogP contribution in [-0.2, 0) is 30.4 Å². The third-order valence-corrected chi connectivity index (χ3v) is 11.5. The van der Waals surface area contributed by atoms with E-state index in [9.17, 15) is 24.0 Å². The fraction of sp³-hybridized carbons (Fsp3) is 0.429. The molecule has 4 N–H and O–H groups in total. The number of halogens is 1. The van der Waals surface area contributed by atoms with Gasteiger partial charge in [0, 0.05) is 41.2 Å². The minimum Gasteiger partial charge on any atom is -0.356 e. The maximum atomic E-state index is 13.2. The number of benzene rings is 2. The third kappa shape index (κ3) is 11.2. The van der Waals surface area contributed by atoms with Gasteiger partial charge in [0.05, 0.1) is 18.6 Å². The van der Waals surface area contributed by atoms with Crippen LogP contribution in [-0.4, -0.2) is 62.6 Å². The van der Waals surface area contributed by atoms with Gasteiger partial charge < -0.3 is 16.0 Å². The van der Waals surface area contributed by atoms with E-state index in [4.69, 9.17) is 16.6 Å². The molecule has 2 aromatic heterocycles. The molecule has 300 valence electrons. The van der Waals surface area contributed by atoms with Crippen LogP contribution in [0.1, 0.15) is 117 Å². The van der Waals surface area contributed by atoms with Gasteiger partial charge in [0.2, 0.25) is 29.5 Å². The van der Waals surface area contributed by atoms with Crippen LogP contribution in [0.5, 0.6) is 0 Å². The number of aryl methyl sites for hydroxylation is 2. The molecular formula is C42H49ClN8O5S. The molecule has 4 aromatic rings. The van der Waals surface area contributed by atoms with Crippen LogP contribution in [0.4, 0.5) is 5.69 Å². The minimum absolute atomic E-state index is 0.0570. The van der Waals surface area contributed by atoms with E-state index in [0.717, 1.165) is 84.6 Å². The van der Waals surface area contributed by atoms with Crippen molar-refractivity contribution >= 4 is 63.9 Å². The van der Waals surface area contributed by atoms with Gasteiger partial charge in [-0.2, -0.15) is 0 Å². The zero-order chi connectivity index (χ0) is 40.3. The normalized spacial score (nSPS) is 16.2. The third-order valence-electron chi connectivity index (χ3n) is 10.1. The Kier molecular flexibility index (Phi) is 14.4. The molecule has 13 nitrogen and oxygen atoms in total. The van der Waals surface area contributed by atoms with E-state index in [2.05, 4.69) is 43.8 Å². The van der Waals surface area contributed by atoms with Gasteiger partial charge in [0.25, 0.3) is 0 Å². The van der Waals surface area contributed by atoms with E-state index in [1.165, 1.54) is 0 Å². The summed E-state index contributed by atoms with van der Waals surface area (Å²) in [6.07, 6.45) is 9.13. The molecule has 0 aliphatic carbocycles. The first-order chi connectivity index (χ1) is 27.5. The predicted molar refractivity (Wildman–Crippen MR) is 221 cm³/mol. The molecule has 0 radical (unpaired) electrons. The number of imide groups is 1. The summed E-state index contributed by atoms with van der Waals surface area (Å²) in [5.41, 5.74) is 5.22. The van der Waals surface area contributed by atoms with Crippen molar-refractivity contribution in [3.8, 4) is 5.00 Å². The summed E-state index contributed by atoms with van der Waals surface area (Å²) >= 11 is 7.82. The number of piperidine rings is 1. The fourth-order valence-corrected chi connectivity index (χ4v) is 8.40. The molecule has 57 heavy (non-hydrogen) atoms. The molecule has 2 atom stereocenters. The van der Waals surface area contributed by atoms with Gasteiger partial charge in [-0.1, -0.05) is 74.4 Å². The quantitative estimate of drug-likeness (QED) is 0.0646. The summed E-state index contributed by atoms with van der Waals surface area (Å²) < 4.78 is 2.04. The van der Waals surface area contributed by atoms with Gasteiger partial charge in [-0.25, -0.2) is 0 Å². The van der Waals surface area contributed by atoms with Crippen molar-refractivity contribution in [3.63, 3.8) is 0 Å². The van der Waals surface area contributed by atoms with Crippen molar-refractivity contribution in [3.05, 3.63) is 92.8 Å². The lowest BCUT2D eigenvalue weighted by Crippen LogP contribution is -2.52.